The van der Waals surface area contributed by atoms with Gasteiger partial charge in [0.1, 0.15) is 5.82 Å². The maximum absolute atomic E-state index is 13.1. The second-order valence-electron chi connectivity index (χ2n) is 7.58. The number of halogens is 1. The second kappa shape index (κ2) is 8.09. The lowest BCUT2D eigenvalue weighted by molar-refractivity contribution is 0.259. The minimum atomic E-state index is -3.67. The lowest BCUT2D eigenvalue weighted by Gasteiger charge is -2.31. The van der Waals surface area contributed by atoms with E-state index in [1.807, 2.05) is 12.1 Å². The quantitative estimate of drug-likeness (QED) is 0.796. The molecule has 0 radical (unpaired) electrons. The Kier molecular flexibility index (Phi) is 5.99. The number of fused-ring (bicyclic) bond motifs is 3. The van der Waals surface area contributed by atoms with Gasteiger partial charge in [-0.3, -0.25) is 4.55 Å². The second-order valence-corrected chi connectivity index (χ2v) is 9.04. The van der Waals surface area contributed by atoms with Crippen molar-refractivity contribution in [2.24, 2.45) is 5.92 Å². The van der Waals surface area contributed by atoms with Crippen LogP contribution in [0.3, 0.4) is 0 Å². The van der Waals surface area contributed by atoms with Crippen LogP contribution in [0.5, 0.6) is 0 Å². The Hall–Kier alpha value is -1.76. The van der Waals surface area contributed by atoms with Gasteiger partial charge in [-0.25, -0.2) is 4.39 Å². The van der Waals surface area contributed by atoms with Gasteiger partial charge >= 0.3 is 0 Å². The lowest BCUT2D eigenvalue weighted by atomic mass is 9.74. The highest BCUT2D eigenvalue weighted by Gasteiger charge is 2.42. The first-order valence-electron chi connectivity index (χ1n) is 9.17. The average Bonchev–Trinajstić information content (AvgIpc) is 2.92. The van der Waals surface area contributed by atoms with Crippen LogP contribution in [0.25, 0.3) is 0 Å². The summed E-state index contributed by atoms with van der Waals surface area (Å²) in [6.07, 6.45) is 4.22. The molecule has 2 aromatic carbocycles. The highest BCUT2D eigenvalue weighted by atomic mass is 32.2. The molecule has 3 unspecified atom stereocenters. The smallest absolute Gasteiger partial charge is 0.261 e. The van der Waals surface area contributed by atoms with Gasteiger partial charge in [-0.1, -0.05) is 36.4 Å². The first-order valence-corrected chi connectivity index (χ1v) is 11.0. The lowest BCUT2D eigenvalue weighted by Crippen LogP contribution is -2.32. The maximum Gasteiger partial charge on any atom is 0.261 e. The third kappa shape index (κ3) is 5.15. The van der Waals surface area contributed by atoms with E-state index >= 15 is 0 Å². The van der Waals surface area contributed by atoms with Gasteiger partial charge in [0.25, 0.3) is 10.1 Å². The van der Waals surface area contributed by atoms with Gasteiger partial charge < -0.3 is 4.90 Å². The fourth-order valence-corrected chi connectivity index (χ4v) is 4.51. The van der Waals surface area contributed by atoms with Crippen molar-refractivity contribution >= 4 is 10.1 Å². The van der Waals surface area contributed by atoms with E-state index in [0.29, 0.717) is 18.2 Å². The van der Waals surface area contributed by atoms with E-state index in [4.69, 9.17) is 4.55 Å². The molecule has 0 spiro atoms. The Labute approximate surface area is 160 Å². The molecule has 4 rings (SSSR count). The van der Waals surface area contributed by atoms with Gasteiger partial charge in [0.2, 0.25) is 0 Å². The zero-order valence-corrected chi connectivity index (χ0v) is 16.5. The van der Waals surface area contributed by atoms with E-state index in [0.717, 1.165) is 18.9 Å². The van der Waals surface area contributed by atoms with Crippen molar-refractivity contribution in [3.05, 3.63) is 71.0 Å². The largest absolute Gasteiger partial charge is 0.302 e. The molecule has 1 aliphatic heterocycles. The van der Waals surface area contributed by atoms with Crippen LogP contribution in [-0.2, 0) is 23.0 Å². The molecular formula is C21H26FNO3S. The molecule has 27 heavy (non-hydrogen) atoms. The normalized spacial score (nSPS) is 24.5. The van der Waals surface area contributed by atoms with Crippen molar-refractivity contribution in [3.63, 3.8) is 0 Å². The molecule has 0 saturated carbocycles. The topological polar surface area (TPSA) is 57.6 Å². The Bertz CT molecular complexity index is 875. The summed E-state index contributed by atoms with van der Waals surface area (Å²) in [5, 5.41) is 0. The molecule has 1 heterocycles. The fourth-order valence-electron chi connectivity index (χ4n) is 4.51. The number of aryl methyl sites for hydroxylation is 1. The molecule has 4 nitrogen and oxygen atoms in total. The average molecular weight is 392 g/mol. The summed E-state index contributed by atoms with van der Waals surface area (Å²) in [6, 6.07) is 16.6. The Balaban J connectivity index is 0.000000376. The van der Waals surface area contributed by atoms with Gasteiger partial charge in [-0.05, 0) is 61.1 Å². The van der Waals surface area contributed by atoms with E-state index in [9.17, 15) is 12.8 Å². The number of likely N-dealkylation sites (tertiary alicyclic amines) is 1. The molecule has 1 fully saturated rings. The van der Waals surface area contributed by atoms with E-state index in [2.05, 4.69) is 36.2 Å². The summed E-state index contributed by atoms with van der Waals surface area (Å²) in [6.45, 7) is 1.15. The predicted octanol–water partition coefficient (Wildman–Crippen LogP) is 3.53. The summed E-state index contributed by atoms with van der Waals surface area (Å²) < 4.78 is 39.0. The fraction of sp³-hybridized carbons (Fsp3) is 0.429. The molecule has 0 bridgehead atoms. The summed E-state index contributed by atoms with van der Waals surface area (Å²) in [5.74, 6) is 1.25. The zero-order valence-electron chi connectivity index (χ0n) is 15.7. The van der Waals surface area contributed by atoms with Gasteiger partial charge in [-0.2, -0.15) is 8.42 Å². The summed E-state index contributed by atoms with van der Waals surface area (Å²) in [4.78, 5) is 2.51. The van der Waals surface area contributed by atoms with Gasteiger partial charge in [-0.15, -0.1) is 0 Å². The first-order chi connectivity index (χ1) is 12.7. The number of rotatable bonds is 2. The summed E-state index contributed by atoms with van der Waals surface area (Å²) >= 11 is 0. The summed E-state index contributed by atoms with van der Waals surface area (Å²) in [7, 11) is -1.42. The van der Waals surface area contributed by atoms with Crippen LogP contribution in [0.2, 0.25) is 0 Å². The molecule has 0 amide bonds. The van der Waals surface area contributed by atoms with Crippen LogP contribution in [0.1, 0.15) is 29.0 Å². The number of benzene rings is 2. The standard InChI is InChI=1S/C20H22FN.CH4O3S/c1-22-13-19-17-5-3-2-4-15(17)8-11-18(19)20(22)12-14-6-9-16(21)10-7-14;1-5(2,3)4/h2-7,9-10,18-20H,8,11-13H2,1H3;1H3,(H,2,3,4). The van der Waals surface area contributed by atoms with E-state index < -0.39 is 10.1 Å². The minimum Gasteiger partial charge on any atom is -0.302 e. The molecule has 6 heteroatoms. The molecule has 2 aromatic rings. The Morgan fingerprint density at radius 3 is 2.44 bits per heavy atom. The first kappa shape index (κ1) is 20.0. The van der Waals surface area contributed by atoms with Gasteiger partial charge in [0.05, 0.1) is 6.26 Å². The third-order valence-corrected chi connectivity index (χ3v) is 5.62. The van der Waals surface area contributed by atoms with Crippen LogP contribution in [-0.4, -0.2) is 43.8 Å². The highest BCUT2D eigenvalue weighted by molar-refractivity contribution is 7.85. The molecule has 1 saturated heterocycles. The Morgan fingerprint density at radius 1 is 1.15 bits per heavy atom. The van der Waals surface area contributed by atoms with Crippen molar-refractivity contribution in [2.75, 3.05) is 19.8 Å². The molecule has 146 valence electrons. The van der Waals surface area contributed by atoms with E-state index in [1.165, 1.54) is 18.4 Å². The third-order valence-electron chi connectivity index (χ3n) is 5.62. The number of likely N-dealkylation sites (N-methyl/N-ethyl adjacent to an activating group) is 1. The molecule has 1 aliphatic carbocycles. The van der Waals surface area contributed by atoms with Crippen molar-refractivity contribution in [2.45, 2.75) is 31.2 Å². The maximum atomic E-state index is 13.1. The number of hydrogen-bond acceptors (Lipinski definition) is 3. The van der Waals surface area contributed by atoms with Gasteiger partial charge in [0.15, 0.2) is 0 Å². The molecule has 2 aliphatic rings. The van der Waals surface area contributed by atoms with Crippen molar-refractivity contribution < 1.29 is 17.4 Å². The highest BCUT2D eigenvalue weighted by Crippen LogP contribution is 2.45. The summed E-state index contributed by atoms with van der Waals surface area (Å²) in [5.41, 5.74) is 4.35. The molecule has 1 N–H and O–H groups in total. The van der Waals surface area contributed by atoms with E-state index in [1.54, 1.807) is 23.3 Å². The zero-order chi connectivity index (χ0) is 19.6. The van der Waals surface area contributed by atoms with Crippen LogP contribution in [0, 0.1) is 11.7 Å². The minimum absolute atomic E-state index is 0.145. The molecular weight excluding hydrogens is 365 g/mol. The predicted molar refractivity (Wildman–Crippen MR) is 105 cm³/mol. The molecule has 0 aromatic heterocycles. The van der Waals surface area contributed by atoms with Crippen LogP contribution in [0.15, 0.2) is 48.5 Å². The number of nitrogens with zero attached hydrogens (tertiary/aromatic N) is 1. The molecule has 3 atom stereocenters. The van der Waals surface area contributed by atoms with Crippen molar-refractivity contribution in [1.29, 1.82) is 0 Å². The van der Waals surface area contributed by atoms with Crippen LogP contribution >= 0.6 is 0 Å². The van der Waals surface area contributed by atoms with Crippen molar-refractivity contribution in [1.82, 2.24) is 4.90 Å². The van der Waals surface area contributed by atoms with Crippen LogP contribution in [0.4, 0.5) is 4.39 Å². The SMILES string of the molecule is CN1CC2c3ccccc3CCC2C1Cc1ccc(F)cc1.CS(=O)(=O)O. The van der Waals surface area contributed by atoms with Gasteiger partial charge in [0, 0.05) is 18.5 Å². The van der Waals surface area contributed by atoms with Crippen LogP contribution < -0.4 is 0 Å². The van der Waals surface area contributed by atoms with Crippen molar-refractivity contribution in [3.8, 4) is 0 Å². The number of hydrogen-bond donors (Lipinski definition) is 1. The monoisotopic (exact) mass is 391 g/mol. The Morgan fingerprint density at radius 2 is 1.78 bits per heavy atom. The van der Waals surface area contributed by atoms with E-state index in [-0.39, 0.29) is 5.82 Å².